The van der Waals surface area contributed by atoms with E-state index in [1.807, 2.05) is 31.7 Å². The van der Waals surface area contributed by atoms with Crippen LogP contribution in [-0.2, 0) is 16.5 Å². The molecule has 1 aromatic rings. The summed E-state index contributed by atoms with van der Waals surface area (Å²) in [6.07, 6.45) is 5.39. The van der Waals surface area contributed by atoms with Gasteiger partial charge in [-0.3, -0.25) is 0 Å². The van der Waals surface area contributed by atoms with Crippen molar-refractivity contribution >= 4 is 10.2 Å². The Morgan fingerprint density at radius 1 is 1.36 bits per heavy atom. The highest BCUT2D eigenvalue weighted by atomic mass is 28.1. The monoisotopic (exact) mass is 216 g/mol. The van der Waals surface area contributed by atoms with Crippen LogP contribution in [0.4, 0.5) is 0 Å². The molecule has 4 nitrogen and oxygen atoms in total. The quantitative estimate of drug-likeness (QED) is 0.530. The third kappa shape index (κ3) is 7.97. The maximum Gasteiger partial charge on any atom is 0.131 e. The normalized spacial score (nSPS) is 10.0. The van der Waals surface area contributed by atoms with Gasteiger partial charge in [0.05, 0.1) is 16.6 Å². The number of nitrogens with zero attached hydrogens (tertiary/aromatic N) is 2. The topological polar surface area (TPSA) is 36.3 Å². The molecular weight excluding hydrogens is 196 g/mol. The standard InChI is InChI=1S/C5H14O2Si.C4H6N2/c1-3-6-5(8)7-4-2;1-6-3-2-5-4-6/h5H,3-4H2,1-2,8H3;2-4H,1H3. The number of hydrogen-bond donors (Lipinski definition) is 0. The SMILES string of the molecule is CCOC([SiH3])OCC.Cn1ccnc1. The average molecular weight is 216 g/mol. The van der Waals surface area contributed by atoms with Crippen LogP contribution in [0, 0.1) is 0 Å². The van der Waals surface area contributed by atoms with Crippen LogP contribution in [0.25, 0.3) is 0 Å². The summed E-state index contributed by atoms with van der Waals surface area (Å²) in [5, 5.41) is 0. The zero-order valence-corrected chi connectivity index (χ0v) is 11.4. The summed E-state index contributed by atoms with van der Waals surface area (Å²) in [7, 11) is 2.90. The van der Waals surface area contributed by atoms with Crippen molar-refractivity contribution in [1.82, 2.24) is 9.55 Å². The molecule has 0 aliphatic carbocycles. The Bertz CT molecular complexity index is 199. The lowest BCUT2D eigenvalue weighted by Crippen LogP contribution is -2.16. The second-order valence-electron chi connectivity index (χ2n) is 2.71. The predicted molar refractivity (Wildman–Crippen MR) is 60.2 cm³/mol. The molecule has 0 bridgehead atoms. The van der Waals surface area contributed by atoms with Crippen LogP contribution in [0.5, 0.6) is 0 Å². The smallest absolute Gasteiger partial charge is 0.131 e. The number of imidazole rings is 1. The molecule has 0 aromatic carbocycles. The van der Waals surface area contributed by atoms with Crippen LogP contribution in [0.2, 0.25) is 0 Å². The lowest BCUT2D eigenvalue weighted by molar-refractivity contribution is -0.0801. The van der Waals surface area contributed by atoms with Gasteiger partial charge in [0.1, 0.15) is 5.91 Å². The van der Waals surface area contributed by atoms with E-state index in [-0.39, 0.29) is 5.91 Å². The third-order valence-corrected chi connectivity index (χ3v) is 2.11. The first-order valence-corrected chi connectivity index (χ1v) is 6.01. The van der Waals surface area contributed by atoms with E-state index in [9.17, 15) is 0 Å². The second-order valence-corrected chi connectivity index (χ2v) is 3.65. The molecule has 0 aliphatic heterocycles. The molecule has 1 aromatic heterocycles. The van der Waals surface area contributed by atoms with Gasteiger partial charge < -0.3 is 14.0 Å². The molecule has 1 rings (SSSR count). The molecule has 82 valence electrons. The molecule has 5 heteroatoms. The zero-order valence-electron chi connectivity index (χ0n) is 9.43. The van der Waals surface area contributed by atoms with Crippen molar-refractivity contribution in [2.75, 3.05) is 13.2 Å². The highest BCUT2D eigenvalue weighted by Gasteiger charge is 1.94. The molecule has 0 atom stereocenters. The van der Waals surface area contributed by atoms with E-state index in [1.54, 1.807) is 12.5 Å². The summed E-state index contributed by atoms with van der Waals surface area (Å²) in [6.45, 7) is 5.47. The lowest BCUT2D eigenvalue weighted by Gasteiger charge is -2.09. The second kappa shape index (κ2) is 8.92. The van der Waals surface area contributed by atoms with Crippen molar-refractivity contribution in [1.29, 1.82) is 0 Å². The van der Waals surface area contributed by atoms with Crippen molar-refractivity contribution in [3.8, 4) is 0 Å². The van der Waals surface area contributed by atoms with Gasteiger partial charge in [-0.25, -0.2) is 4.98 Å². The average Bonchev–Trinajstić information content (AvgIpc) is 2.58. The van der Waals surface area contributed by atoms with Gasteiger partial charge in [-0.05, 0) is 13.8 Å². The summed E-state index contributed by atoms with van der Waals surface area (Å²) in [5.74, 6) is 0.102. The van der Waals surface area contributed by atoms with E-state index >= 15 is 0 Å². The van der Waals surface area contributed by atoms with Gasteiger partial charge in [-0.2, -0.15) is 0 Å². The number of rotatable bonds is 4. The van der Waals surface area contributed by atoms with E-state index in [0.29, 0.717) is 0 Å². The van der Waals surface area contributed by atoms with Gasteiger partial charge in [-0.15, -0.1) is 0 Å². The summed E-state index contributed by atoms with van der Waals surface area (Å²) >= 11 is 0. The van der Waals surface area contributed by atoms with Crippen LogP contribution < -0.4 is 0 Å². The van der Waals surface area contributed by atoms with Crippen LogP contribution >= 0.6 is 0 Å². The molecule has 0 fully saturated rings. The molecular formula is C9H20N2O2Si. The lowest BCUT2D eigenvalue weighted by atomic mass is 10.9. The minimum absolute atomic E-state index is 0.102. The molecule has 0 unspecified atom stereocenters. The number of aryl methyl sites for hydroxylation is 1. The van der Waals surface area contributed by atoms with E-state index in [1.165, 1.54) is 0 Å². The van der Waals surface area contributed by atoms with Crippen molar-refractivity contribution < 1.29 is 9.47 Å². The van der Waals surface area contributed by atoms with Gasteiger partial charge in [0.2, 0.25) is 0 Å². The van der Waals surface area contributed by atoms with Gasteiger partial charge in [0, 0.05) is 32.7 Å². The first kappa shape index (κ1) is 13.3. The van der Waals surface area contributed by atoms with E-state index in [0.717, 1.165) is 23.5 Å². The van der Waals surface area contributed by atoms with E-state index in [2.05, 4.69) is 4.98 Å². The van der Waals surface area contributed by atoms with Gasteiger partial charge in [-0.1, -0.05) is 0 Å². The van der Waals surface area contributed by atoms with E-state index in [4.69, 9.17) is 9.47 Å². The van der Waals surface area contributed by atoms with Crippen LogP contribution in [0.1, 0.15) is 13.8 Å². The highest BCUT2D eigenvalue weighted by Crippen LogP contribution is 1.86. The van der Waals surface area contributed by atoms with Gasteiger partial charge in [0.25, 0.3) is 0 Å². The van der Waals surface area contributed by atoms with Crippen LogP contribution in [-0.4, -0.2) is 38.9 Å². The van der Waals surface area contributed by atoms with Crippen molar-refractivity contribution in [3.05, 3.63) is 18.7 Å². The molecule has 0 amide bonds. The summed E-state index contributed by atoms with van der Waals surface area (Å²) in [4.78, 5) is 3.78. The van der Waals surface area contributed by atoms with Gasteiger partial charge >= 0.3 is 0 Å². The fourth-order valence-electron chi connectivity index (χ4n) is 0.843. The van der Waals surface area contributed by atoms with Crippen molar-refractivity contribution in [2.24, 2.45) is 7.05 Å². The maximum atomic E-state index is 5.12. The Morgan fingerprint density at radius 3 is 2.14 bits per heavy atom. The number of ether oxygens (including phenoxy) is 2. The minimum atomic E-state index is 0.102. The predicted octanol–water partition coefficient (Wildman–Crippen LogP) is 0.128. The Morgan fingerprint density at radius 2 is 1.93 bits per heavy atom. The molecule has 1 heterocycles. The first-order chi connectivity index (χ1) is 6.70. The highest BCUT2D eigenvalue weighted by molar-refractivity contribution is 6.09. The summed E-state index contributed by atoms with van der Waals surface area (Å²) in [5.41, 5.74) is 0. The van der Waals surface area contributed by atoms with Gasteiger partial charge in [0.15, 0.2) is 0 Å². The molecule has 0 N–H and O–H groups in total. The van der Waals surface area contributed by atoms with Crippen LogP contribution in [0.15, 0.2) is 18.7 Å². The first-order valence-electron chi connectivity index (χ1n) is 4.85. The summed E-state index contributed by atoms with van der Waals surface area (Å²) in [6, 6.07) is 0. The Hall–Kier alpha value is -0.653. The fourth-order valence-corrected chi connectivity index (χ4v) is 1.51. The zero-order chi connectivity index (χ0) is 10.8. The number of hydrogen-bond acceptors (Lipinski definition) is 3. The minimum Gasteiger partial charge on any atom is -0.358 e. The third-order valence-electron chi connectivity index (χ3n) is 1.44. The van der Waals surface area contributed by atoms with E-state index < -0.39 is 0 Å². The van der Waals surface area contributed by atoms with Crippen molar-refractivity contribution in [2.45, 2.75) is 19.8 Å². The Labute approximate surface area is 88.7 Å². The Kier molecular flexibility index (Phi) is 8.51. The van der Waals surface area contributed by atoms with Crippen LogP contribution in [0.3, 0.4) is 0 Å². The molecule has 0 aliphatic rings. The largest absolute Gasteiger partial charge is 0.358 e. The molecule has 0 radical (unpaired) electrons. The molecule has 0 saturated carbocycles. The molecule has 0 saturated heterocycles. The number of aromatic nitrogens is 2. The van der Waals surface area contributed by atoms with Crippen molar-refractivity contribution in [3.63, 3.8) is 0 Å². The summed E-state index contributed by atoms with van der Waals surface area (Å²) < 4.78 is 12.1. The fraction of sp³-hybridized carbons (Fsp3) is 0.667. The Balaban J connectivity index is 0.000000249. The molecule has 14 heavy (non-hydrogen) atoms. The molecule has 0 spiro atoms. The maximum absolute atomic E-state index is 5.12.